The van der Waals surface area contributed by atoms with E-state index in [0.717, 1.165) is 21.6 Å². The molecule has 1 unspecified atom stereocenters. The number of hydrogen-bond acceptors (Lipinski definition) is 5. The fourth-order valence-corrected chi connectivity index (χ4v) is 4.62. The van der Waals surface area contributed by atoms with Gasteiger partial charge in [0.25, 0.3) is 5.91 Å². The van der Waals surface area contributed by atoms with Gasteiger partial charge in [0, 0.05) is 24.2 Å². The van der Waals surface area contributed by atoms with E-state index >= 15 is 0 Å². The first-order chi connectivity index (χ1) is 15.1. The zero-order valence-corrected chi connectivity index (χ0v) is 20.1. The molecule has 0 fully saturated rings. The van der Waals surface area contributed by atoms with Gasteiger partial charge in [0.05, 0.1) is 26.3 Å². The van der Waals surface area contributed by atoms with Gasteiger partial charge in [-0.1, -0.05) is 23.2 Å². The highest BCUT2D eigenvalue weighted by Crippen LogP contribution is 2.28. The van der Waals surface area contributed by atoms with Crippen LogP contribution in [-0.2, 0) is 11.8 Å². The molecule has 11 heteroatoms. The van der Waals surface area contributed by atoms with Crippen molar-refractivity contribution in [3.8, 4) is 5.69 Å². The SMILES string of the molecule is Cc1nn(C)c2sc(C(=O)NC(C)C(=O)Nc3cc(C)n(-c4ccc(Cl)c(Cl)c4)n3)cc12. The molecule has 0 aliphatic carbocycles. The standard InChI is InChI=1S/C21H20Cl2N6O2S/c1-10-7-18(27-29(10)13-5-6-15(22)16(23)8-13)25-19(30)12(3)24-20(31)17-9-14-11(2)26-28(4)21(14)32-17/h5-9,12H,1-4H3,(H,24,31)(H,25,27,30). The second-order valence-electron chi connectivity index (χ2n) is 7.40. The minimum absolute atomic E-state index is 0.314. The summed E-state index contributed by atoms with van der Waals surface area (Å²) < 4.78 is 3.39. The fourth-order valence-electron chi connectivity index (χ4n) is 3.30. The number of amides is 2. The molecule has 1 atom stereocenters. The van der Waals surface area contributed by atoms with Crippen LogP contribution in [0.15, 0.2) is 30.3 Å². The minimum atomic E-state index is -0.762. The molecule has 3 aromatic heterocycles. The van der Waals surface area contributed by atoms with Crippen LogP contribution >= 0.6 is 34.5 Å². The van der Waals surface area contributed by atoms with E-state index in [1.165, 1.54) is 11.3 Å². The van der Waals surface area contributed by atoms with Gasteiger partial charge in [-0.05, 0) is 45.0 Å². The van der Waals surface area contributed by atoms with E-state index in [9.17, 15) is 9.59 Å². The summed E-state index contributed by atoms with van der Waals surface area (Å²) in [6.07, 6.45) is 0. The highest BCUT2D eigenvalue weighted by Gasteiger charge is 2.21. The van der Waals surface area contributed by atoms with Crippen LogP contribution in [0.1, 0.15) is 28.0 Å². The van der Waals surface area contributed by atoms with Gasteiger partial charge in [-0.25, -0.2) is 4.68 Å². The molecular weight excluding hydrogens is 471 g/mol. The summed E-state index contributed by atoms with van der Waals surface area (Å²) in [4.78, 5) is 26.7. The first-order valence-corrected chi connectivity index (χ1v) is 11.3. The van der Waals surface area contributed by atoms with Crippen LogP contribution in [0.2, 0.25) is 10.0 Å². The predicted molar refractivity (Wildman–Crippen MR) is 127 cm³/mol. The van der Waals surface area contributed by atoms with Crippen LogP contribution in [0.3, 0.4) is 0 Å². The van der Waals surface area contributed by atoms with Crippen molar-refractivity contribution in [1.29, 1.82) is 0 Å². The molecule has 2 N–H and O–H groups in total. The van der Waals surface area contributed by atoms with Crippen molar-refractivity contribution in [2.75, 3.05) is 5.32 Å². The molecule has 0 saturated carbocycles. The maximum atomic E-state index is 12.7. The lowest BCUT2D eigenvalue weighted by Crippen LogP contribution is -2.41. The highest BCUT2D eigenvalue weighted by molar-refractivity contribution is 7.20. The molecule has 0 spiro atoms. The van der Waals surface area contributed by atoms with Gasteiger partial charge in [0.2, 0.25) is 5.91 Å². The topological polar surface area (TPSA) is 93.8 Å². The third-order valence-electron chi connectivity index (χ3n) is 4.95. The Morgan fingerprint density at radius 3 is 2.53 bits per heavy atom. The monoisotopic (exact) mass is 490 g/mol. The summed E-state index contributed by atoms with van der Waals surface area (Å²) in [5, 5.41) is 16.0. The number of hydrogen-bond donors (Lipinski definition) is 2. The molecule has 1 aromatic carbocycles. The van der Waals surface area contributed by atoms with Crippen LogP contribution < -0.4 is 10.6 Å². The summed E-state index contributed by atoms with van der Waals surface area (Å²) >= 11 is 13.4. The number of halogens is 2. The van der Waals surface area contributed by atoms with E-state index in [1.54, 1.807) is 46.6 Å². The molecule has 3 heterocycles. The van der Waals surface area contributed by atoms with Crippen LogP contribution in [0, 0.1) is 13.8 Å². The van der Waals surface area contributed by atoms with Crippen molar-refractivity contribution in [3.05, 3.63) is 56.6 Å². The number of nitrogens with one attached hydrogen (secondary N) is 2. The van der Waals surface area contributed by atoms with Crippen molar-refractivity contribution < 1.29 is 9.59 Å². The molecule has 4 rings (SSSR count). The number of fused-ring (bicyclic) bond motifs is 1. The molecule has 0 saturated heterocycles. The van der Waals surface area contributed by atoms with Crippen molar-refractivity contribution in [2.24, 2.45) is 7.05 Å². The third kappa shape index (κ3) is 4.23. The van der Waals surface area contributed by atoms with Crippen molar-refractivity contribution >= 4 is 62.4 Å². The lowest BCUT2D eigenvalue weighted by molar-refractivity contribution is -0.117. The maximum absolute atomic E-state index is 12.7. The number of carbonyl (C=O) groups is 2. The Labute approximate surface area is 198 Å². The van der Waals surface area contributed by atoms with Gasteiger partial charge >= 0.3 is 0 Å². The van der Waals surface area contributed by atoms with E-state index in [0.29, 0.717) is 26.4 Å². The van der Waals surface area contributed by atoms with Gasteiger partial charge in [-0.2, -0.15) is 5.10 Å². The Morgan fingerprint density at radius 2 is 1.84 bits per heavy atom. The second-order valence-corrected chi connectivity index (χ2v) is 9.25. The largest absolute Gasteiger partial charge is 0.340 e. The number of rotatable bonds is 5. The van der Waals surface area contributed by atoms with Crippen molar-refractivity contribution in [3.63, 3.8) is 0 Å². The van der Waals surface area contributed by atoms with Gasteiger partial charge < -0.3 is 10.6 Å². The fraction of sp³-hybridized carbons (Fsp3) is 0.238. The molecule has 0 aliphatic heterocycles. The Bertz CT molecular complexity index is 1320. The van der Waals surface area contributed by atoms with E-state index in [1.807, 2.05) is 20.9 Å². The Balaban J connectivity index is 1.44. The number of aryl methyl sites for hydroxylation is 3. The molecule has 8 nitrogen and oxygen atoms in total. The quantitative estimate of drug-likeness (QED) is 0.430. The van der Waals surface area contributed by atoms with Gasteiger partial charge in [-0.15, -0.1) is 16.4 Å². The molecular formula is C21H20Cl2N6O2S. The lowest BCUT2D eigenvalue weighted by Gasteiger charge is -2.12. The molecule has 0 aliphatic rings. The molecule has 2 amide bonds. The first kappa shape index (κ1) is 22.3. The lowest BCUT2D eigenvalue weighted by atomic mass is 10.2. The van der Waals surface area contributed by atoms with E-state index in [2.05, 4.69) is 20.8 Å². The van der Waals surface area contributed by atoms with Crippen LogP contribution in [0.25, 0.3) is 15.9 Å². The number of benzene rings is 1. The first-order valence-electron chi connectivity index (χ1n) is 9.71. The van der Waals surface area contributed by atoms with Crippen LogP contribution in [-0.4, -0.2) is 37.4 Å². The summed E-state index contributed by atoms with van der Waals surface area (Å²) in [5.74, 6) is -0.329. The number of nitrogens with zero attached hydrogens (tertiary/aromatic N) is 4. The highest BCUT2D eigenvalue weighted by atomic mass is 35.5. The smallest absolute Gasteiger partial charge is 0.262 e. The summed E-state index contributed by atoms with van der Waals surface area (Å²) in [6.45, 7) is 5.37. The molecule has 0 bridgehead atoms. The van der Waals surface area contributed by atoms with Gasteiger partial charge in [-0.3, -0.25) is 14.3 Å². The van der Waals surface area contributed by atoms with Crippen molar-refractivity contribution in [2.45, 2.75) is 26.8 Å². The number of thiophene rings is 1. The second kappa shape index (κ2) is 8.57. The maximum Gasteiger partial charge on any atom is 0.262 e. The Kier molecular flexibility index (Phi) is 5.98. The Hall–Kier alpha value is -2.88. The zero-order valence-electron chi connectivity index (χ0n) is 17.7. The number of aromatic nitrogens is 4. The number of anilines is 1. The van der Waals surface area contributed by atoms with E-state index in [4.69, 9.17) is 23.2 Å². The van der Waals surface area contributed by atoms with Gasteiger partial charge in [0.15, 0.2) is 5.82 Å². The summed E-state index contributed by atoms with van der Waals surface area (Å²) in [7, 11) is 1.84. The minimum Gasteiger partial charge on any atom is -0.340 e. The van der Waals surface area contributed by atoms with Gasteiger partial charge in [0.1, 0.15) is 10.9 Å². The zero-order chi connectivity index (χ0) is 23.2. The summed E-state index contributed by atoms with van der Waals surface area (Å²) in [5.41, 5.74) is 2.37. The number of carbonyl (C=O) groups excluding carboxylic acids is 2. The van der Waals surface area contributed by atoms with Crippen LogP contribution in [0.5, 0.6) is 0 Å². The Morgan fingerprint density at radius 1 is 1.09 bits per heavy atom. The normalized spacial score (nSPS) is 12.2. The molecule has 166 valence electrons. The molecule has 0 radical (unpaired) electrons. The average Bonchev–Trinajstić information content (AvgIpc) is 3.40. The predicted octanol–water partition coefficient (Wildman–Crippen LogP) is 4.50. The third-order valence-corrected chi connectivity index (χ3v) is 6.89. The summed E-state index contributed by atoms with van der Waals surface area (Å²) in [6, 6.07) is 7.93. The molecule has 32 heavy (non-hydrogen) atoms. The average molecular weight is 491 g/mol. The van der Waals surface area contributed by atoms with E-state index in [-0.39, 0.29) is 11.8 Å². The van der Waals surface area contributed by atoms with Crippen molar-refractivity contribution in [1.82, 2.24) is 24.9 Å². The van der Waals surface area contributed by atoms with Crippen LogP contribution in [0.4, 0.5) is 5.82 Å². The van der Waals surface area contributed by atoms with E-state index < -0.39 is 6.04 Å². The molecule has 4 aromatic rings.